The van der Waals surface area contributed by atoms with E-state index in [1.807, 2.05) is 0 Å². The summed E-state index contributed by atoms with van der Waals surface area (Å²) in [5.41, 5.74) is 7.20. The summed E-state index contributed by atoms with van der Waals surface area (Å²) in [6, 6.07) is 4.53. The highest BCUT2D eigenvalue weighted by Crippen LogP contribution is 2.34. The molecule has 5 nitrogen and oxygen atoms in total. The summed E-state index contributed by atoms with van der Waals surface area (Å²) in [7, 11) is 2.97. The van der Waals surface area contributed by atoms with Gasteiger partial charge in [0.05, 0.1) is 26.5 Å². The van der Waals surface area contributed by atoms with Crippen molar-refractivity contribution < 1.29 is 9.47 Å². The van der Waals surface area contributed by atoms with E-state index in [-0.39, 0.29) is 5.88 Å². The van der Waals surface area contributed by atoms with Crippen LogP contribution in [0.1, 0.15) is 17.3 Å². The summed E-state index contributed by atoms with van der Waals surface area (Å²) >= 11 is 12.3. The van der Waals surface area contributed by atoms with Crippen molar-refractivity contribution in [2.24, 2.45) is 5.73 Å². The second-order valence-corrected chi connectivity index (χ2v) is 4.73. The largest absolute Gasteiger partial charge is 0.480 e. The monoisotopic (exact) mass is 313 g/mol. The third kappa shape index (κ3) is 2.80. The summed E-state index contributed by atoms with van der Waals surface area (Å²) in [5, 5.41) is 0.925. The minimum Gasteiger partial charge on any atom is -0.480 e. The van der Waals surface area contributed by atoms with Gasteiger partial charge in [0.25, 0.3) is 0 Å². The first-order valence-electron chi connectivity index (χ1n) is 5.73. The van der Waals surface area contributed by atoms with Gasteiger partial charge in [-0.15, -0.1) is 0 Å². The smallest absolute Gasteiger partial charge is 0.240 e. The van der Waals surface area contributed by atoms with Crippen LogP contribution in [0.2, 0.25) is 10.0 Å². The molecule has 0 radical (unpaired) electrons. The Bertz CT molecular complexity index is 602. The summed E-state index contributed by atoms with van der Waals surface area (Å²) in [5.74, 6) is 0.607. The molecular formula is C13H13Cl2N3O2. The molecule has 2 aromatic rings. The quantitative estimate of drug-likeness (QED) is 0.939. The van der Waals surface area contributed by atoms with Gasteiger partial charge in [0.15, 0.2) is 0 Å². The number of hydrogen-bond acceptors (Lipinski definition) is 5. The van der Waals surface area contributed by atoms with Gasteiger partial charge in [-0.1, -0.05) is 29.3 Å². The zero-order valence-corrected chi connectivity index (χ0v) is 12.4. The van der Waals surface area contributed by atoms with E-state index in [9.17, 15) is 0 Å². The van der Waals surface area contributed by atoms with Gasteiger partial charge in [-0.2, -0.15) is 4.98 Å². The fraction of sp³-hybridized carbons (Fsp3) is 0.231. The van der Waals surface area contributed by atoms with Gasteiger partial charge in [0.1, 0.15) is 5.69 Å². The van der Waals surface area contributed by atoms with E-state index >= 15 is 0 Å². The van der Waals surface area contributed by atoms with Crippen LogP contribution in [0.3, 0.4) is 0 Å². The Labute approximate surface area is 126 Å². The molecule has 2 rings (SSSR count). The van der Waals surface area contributed by atoms with Crippen LogP contribution in [0.5, 0.6) is 11.8 Å². The number of halogens is 2. The van der Waals surface area contributed by atoms with Gasteiger partial charge in [0, 0.05) is 15.6 Å². The van der Waals surface area contributed by atoms with Crippen molar-refractivity contribution in [3.8, 4) is 11.8 Å². The molecule has 0 aliphatic rings. The van der Waals surface area contributed by atoms with E-state index < -0.39 is 6.04 Å². The molecule has 7 heteroatoms. The molecule has 0 saturated heterocycles. The Kier molecular flexibility index (Phi) is 4.65. The highest BCUT2D eigenvalue weighted by atomic mass is 35.5. The lowest BCUT2D eigenvalue weighted by atomic mass is 10.0. The van der Waals surface area contributed by atoms with Crippen LogP contribution in [-0.2, 0) is 0 Å². The van der Waals surface area contributed by atoms with Gasteiger partial charge < -0.3 is 15.2 Å². The first-order chi connectivity index (χ1) is 9.58. The molecule has 0 aliphatic carbocycles. The minimum absolute atomic E-state index is 0.271. The fourth-order valence-corrected chi connectivity index (χ4v) is 2.41. The van der Waals surface area contributed by atoms with E-state index in [1.165, 1.54) is 20.4 Å². The number of aromatic nitrogens is 2. The molecule has 1 heterocycles. The number of hydrogen-bond donors (Lipinski definition) is 1. The van der Waals surface area contributed by atoms with E-state index in [2.05, 4.69) is 9.97 Å². The molecule has 2 N–H and O–H groups in total. The van der Waals surface area contributed by atoms with Crippen molar-refractivity contribution in [1.29, 1.82) is 0 Å². The van der Waals surface area contributed by atoms with E-state index in [0.717, 1.165) is 0 Å². The molecule has 1 aromatic heterocycles. The SMILES string of the molecule is COc1cnc(C(N)c2c(Cl)cccc2Cl)c(OC)n1. The number of methoxy groups -OCH3 is 2. The fourth-order valence-electron chi connectivity index (χ4n) is 1.77. The Morgan fingerprint density at radius 1 is 1.15 bits per heavy atom. The zero-order chi connectivity index (χ0) is 14.7. The average Bonchev–Trinajstić information content (AvgIpc) is 2.46. The van der Waals surface area contributed by atoms with E-state index in [1.54, 1.807) is 18.2 Å². The van der Waals surface area contributed by atoms with Crippen LogP contribution in [0.15, 0.2) is 24.4 Å². The third-order valence-corrected chi connectivity index (χ3v) is 3.41. The molecule has 1 aromatic carbocycles. The lowest BCUT2D eigenvalue weighted by Crippen LogP contribution is -2.16. The van der Waals surface area contributed by atoms with Crippen LogP contribution in [0.4, 0.5) is 0 Å². The lowest BCUT2D eigenvalue weighted by Gasteiger charge is -2.17. The van der Waals surface area contributed by atoms with Gasteiger partial charge in [-0.05, 0) is 12.1 Å². The second-order valence-electron chi connectivity index (χ2n) is 3.92. The lowest BCUT2D eigenvalue weighted by molar-refractivity contribution is 0.355. The Morgan fingerprint density at radius 2 is 1.80 bits per heavy atom. The van der Waals surface area contributed by atoms with Crippen LogP contribution < -0.4 is 15.2 Å². The summed E-state index contributed by atoms with van der Waals surface area (Å²) in [6.07, 6.45) is 1.46. The molecule has 20 heavy (non-hydrogen) atoms. The number of ether oxygens (including phenoxy) is 2. The number of benzene rings is 1. The molecule has 0 saturated carbocycles. The maximum absolute atomic E-state index is 6.19. The van der Waals surface area contributed by atoms with Crippen molar-refractivity contribution in [3.05, 3.63) is 45.7 Å². The topological polar surface area (TPSA) is 70.3 Å². The third-order valence-electron chi connectivity index (χ3n) is 2.75. The van der Waals surface area contributed by atoms with Crippen LogP contribution in [0, 0.1) is 0 Å². The molecule has 1 atom stereocenters. The second kappa shape index (κ2) is 6.26. The van der Waals surface area contributed by atoms with Crippen molar-refractivity contribution in [1.82, 2.24) is 9.97 Å². The first kappa shape index (κ1) is 14.8. The Balaban J connectivity index is 2.50. The normalized spacial score (nSPS) is 12.1. The van der Waals surface area contributed by atoms with Crippen molar-refractivity contribution >= 4 is 23.2 Å². The first-order valence-corrected chi connectivity index (χ1v) is 6.48. The Morgan fingerprint density at radius 3 is 2.35 bits per heavy atom. The summed E-state index contributed by atoms with van der Waals surface area (Å²) in [4.78, 5) is 8.37. The molecule has 1 unspecified atom stereocenters. The standard InChI is InChI=1S/C13H13Cl2N3O2/c1-19-9-6-17-12(13(18-9)20-2)11(16)10-7(14)4-3-5-8(10)15/h3-6,11H,16H2,1-2H3. The molecule has 0 aliphatic heterocycles. The van der Waals surface area contributed by atoms with Gasteiger partial charge in [-0.25, -0.2) is 4.98 Å². The van der Waals surface area contributed by atoms with E-state index in [4.69, 9.17) is 38.4 Å². The van der Waals surface area contributed by atoms with Crippen molar-refractivity contribution in [3.63, 3.8) is 0 Å². The van der Waals surface area contributed by atoms with Gasteiger partial charge in [0.2, 0.25) is 11.8 Å². The van der Waals surface area contributed by atoms with Crippen molar-refractivity contribution in [2.75, 3.05) is 14.2 Å². The summed E-state index contributed by atoms with van der Waals surface area (Å²) < 4.78 is 10.2. The predicted molar refractivity (Wildman–Crippen MR) is 77.6 cm³/mol. The van der Waals surface area contributed by atoms with Gasteiger partial charge >= 0.3 is 0 Å². The van der Waals surface area contributed by atoms with E-state index in [0.29, 0.717) is 27.2 Å². The predicted octanol–water partition coefficient (Wildman–Crippen LogP) is 2.85. The molecule has 0 fully saturated rings. The Hall–Kier alpha value is -1.56. The summed E-state index contributed by atoms with van der Waals surface area (Å²) in [6.45, 7) is 0. The number of nitrogens with zero attached hydrogens (tertiary/aromatic N) is 2. The molecule has 0 bridgehead atoms. The molecule has 0 spiro atoms. The maximum atomic E-state index is 6.19. The molecule has 0 amide bonds. The van der Waals surface area contributed by atoms with Crippen molar-refractivity contribution in [2.45, 2.75) is 6.04 Å². The highest BCUT2D eigenvalue weighted by Gasteiger charge is 2.22. The van der Waals surface area contributed by atoms with Gasteiger partial charge in [-0.3, -0.25) is 0 Å². The molecular weight excluding hydrogens is 301 g/mol. The average molecular weight is 314 g/mol. The van der Waals surface area contributed by atoms with Crippen LogP contribution in [0.25, 0.3) is 0 Å². The molecule has 106 valence electrons. The zero-order valence-electron chi connectivity index (χ0n) is 10.9. The highest BCUT2D eigenvalue weighted by molar-refractivity contribution is 6.36. The number of nitrogens with two attached hydrogens (primary N) is 1. The van der Waals surface area contributed by atoms with Crippen LogP contribution >= 0.6 is 23.2 Å². The maximum Gasteiger partial charge on any atom is 0.240 e. The minimum atomic E-state index is -0.649. The van der Waals surface area contributed by atoms with Crippen LogP contribution in [-0.4, -0.2) is 24.2 Å². The number of rotatable bonds is 4.